The van der Waals surface area contributed by atoms with Gasteiger partial charge in [0, 0.05) is 40.5 Å². The van der Waals surface area contributed by atoms with Gasteiger partial charge < -0.3 is 9.30 Å². The maximum Gasteiger partial charge on any atom is 2.00 e. The van der Waals surface area contributed by atoms with Crippen molar-refractivity contribution in [2.45, 2.75) is 40.0 Å². The van der Waals surface area contributed by atoms with Crippen LogP contribution >= 0.6 is 0 Å². The fraction of sp³-hybridized carbons (Fsp3) is 0.158. The maximum atomic E-state index is 14.2. The van der Waals surface area contributed by atoms with E-state index < -0.39 is 0 Å². The van der Waals surface area contributed by atoms with Crippen LogP contribution in [-0.2, 0) is 25.8 Å². The molecule has 3 aromatic heterocycles. The van der Waals surface area contributed by atoms with Crippen molar-refractivity contribution < 1.29 is 29.6 Å². The third kappa shape index (κ3) is 5.59. The summed E-state index contributed by atoms with van der Waals surface area (Å²) in [6.45, 7) is 10.8. The molecule has 0 spiro atoms. The summed E-state index contributed by atoms with van der Waals surface area (Å²) in [7, 11) is 0. The summed E-state index contributed by atoms with van der Waals surface area (Å²) in [6.07, 6.45) is 1.47. The van der Waals surface area contributed by atoms with Crippen LogP contribution in [0.5, 0.6) is 11.5 Å². The maximum absolute atomic E-state index is 14.2. The molecular weight excluding hydrogens is 654 g/mol. The Kier molecular flexibility index (Phi) is 7.95. The van der Waals surface area contributed by atoms with Gasteiger partial charge in [-0.25, -0.2) is 9.37 Å². The fourth-order valence-corrected chi connectivity index (χ4v) is 5.86. The molecule has 226 valence electrons. The average molecular weight is 685 g/mol. The molecule has 0 radical (unpaired) electrons. The van der Waals surface area contributed by atoms with Gasteiger partial charge in [0.25, 0.3) is 0 Å². The Balaban J connectivity index is 0.00000357. The van der Waals surface area contributed by atoms with Crippen molar-refractivity contribution in [2.24, 2.45) is 0 Å². The van der Waals surface area contributed by atoms with Gasteiger partial charge in [-0.05, 0) is 53.6 Å². The summed E-state index contributed by atoms with van der Waals surface area (Å²) >= 11 is 0. The van der Waals surface area contributed by atoms with Crippen LogP contribution in [0.2, 0.25) is 0 Å². The van der Waals surface area contributed by atoms with E-state index >= 15 is 0 Å². The molecule has 0 unspecified atom stereocenters. The van der Waals surface area contributed by atoms with Crippen molar-refractivity contribution in [1.29, 1.82) is 0 Å². The molecule has 3 heterocycles. The van der Waals surface area contributed by atoms with Crippen LogP contribution in [0.15, 0.2) is 97.2 Å². The molecule has 4 aromatic carbocycles. The van der Waals surface area contributed by atoms with Gasteiger partial charge in [-0.3, -0.25) is 4.68 Å². The zero-order chi connectivity index (χ0) is 30.6. The molecule has 0 fully saturated rings. The standard InChI is InChI=1S/C38H31FN4O.Pd/c1-24-37(26-13-15-27(16-14-26)38(3,4)5)25(2)43(41-24)29-9-8-10-30(22-29)44-31-17-18-33-32-11-6-7-12-34(32)42(35(33)23-31)36-21-28(39)19-20-40-36;/h6-21H,1-5H3;/q-2;+2. The predicted molar refractivity (Wildman–Crippen MR) is 173 cm³/mol. The van der Waals surface area contributed by atoms with Crippen LogP contribution in [0, 0.1) is 31.8 Å². The zero-order valence-corrected chi connectivity index (χ0v) is 27.2. The zero-order valence-electron chi connectivity index (χ0n) is 25.6. The van der Waals surface area contributed by atoms with Crippen LogP contribution in [-0.4, -0.2) is 19.3 Å². The first-order chi connectivity index (χ1) is 21.2. The number of halogens is 1. The van der Waals surface area contributed by atoms with E-state index in [9.17, 15) is 4.39 Å². The first-order valence-corrected chi connectivity index (χ1v) is 14.6. The first-order valence-electron chi connectivity index (χ1n) is 14.6. The molecule has 7 heteroatoms. The molecule has 0 aliphatic rings. The Bertz CT molecular complexity index is 2170. The van der Waals surface area contributed by atoms with Crippen LogP contribution in [0.4, 0.5) is 4.39 Å². The number of hydrogen-bond acceptors (Lipinski definition) is 3. The molecule has 0 aliphatic carbocycles. The average Bonchev–Trinajstić information content (AvgIpc) is 3.49. The normalized spacial score (nSPS) is 11.6. The van der Waals surface area contributed by atoms with Gasteiger partial charge in [-0.2, -0.15) is 17.2 Å². The second-order valence-electron chi connectivity index (χ2n) is 12.1. The van der Waals surface area contributed by atoms with Crippen molar-refractivity contribution >= 4 is 21.8 Å². The van der Waals surface area contributed by atoms with E-state index in [1.54, 1.807) is 0 Å². The molecule has 45 heavy (non-hydrogen) atoms. The summed E-state index contributed by atoms with van der Waals surface area (Å²) in [5, 5.41) is 6.88. The SMILES string of the molecule is Cc1nn(-c2[c-]c(Oc3[c-]c4c(cc3)c3ccccc3n4-c3cc(F)ccn3)ccc2)c(C)c1-c1ccc(C(C)(C)C)cc1.[Pd+2]. The second kappa shape index (κ2) is 11.7. The molecule has 0 saturated carbocycles. The number of para-hydroxylation sites is 1. The predicted octanol–water partition coefficient (Wildman–Crippen LogP) is 9.48. The number of aromatic nitrogens is 4. The number of ether oxygens (including phenoxy) is 1. The quantitative estimate of drug-likeness (QED) is 0.134. The van der Waals surface area contributed by atoms with Gasteiger partial charge >= 0.3 is 20.4 Å². The largest absolute Gasteiger partial charge is 2.00 e. The molecule has 0 saturated heterocycles. The van der Waals surface area contributed by atoms with Gasteiger partial charge in [0.15, 0.2) is 0 Å². The Morgan fingerprint density at radius 2 is 1.56 bits per heavy atom. The van der Waals surface area contributed by atoms with E-state index in [0.717, 1.165) is 50.0 Å². The van der Waals surface area contributed by atoms with E-state index in [-0.39, 0.29) is 31.7 Å². The molecule has 0 aliphatic heterocycles. The molecular formula is C38H31FN4OPd. The van der Waals surface area contributed by atoms with Gasteiger partial charge in [0.1, 0.15) is 11.6 Å². The van der Waals surface area contributed by atoms with Gasteiger partial charge in [0.2, 0.25) is 0 Å². The number of fused-ring (bicyclic) bond motifs is 3. The Morgan fingerprint density at radius 3 is 2.31 bits per heavy atom. The fourth-order valence-electron chi connectivity index (χ4n) is 5.86. The number of nitrogens with zero attached hydrogens (tertiary/aromatic N) is 4. The smallest absolute Gasteiger partial charge is 0.509 e. The topological polar surface area (TPSA) is 44.9 Å². The number of pyridine rings is 1. The number of aryl methyl sites for hydroxylation is 1. The summed E-state index contributed by atoms with van der Waals surface area (Å²) < 4.78 is 24.3. The van der Waals surface area contributed by atoms with E-state index in [1.165, 1.54) is 23.9 Å². The van der Waals surface area contributed by atoms with E-state index in [4.69, 9.17) is 9.84 Å². The van der Waals surface area contributed by atoms with Crippen molar-refractivity contribution in [3.63, 3.8) is 0 Å². The van der Waals surface area contributed by atoms with Gasteiger partial charge in [-0.1, -0.05) is 68.8 Å². The van der Waals surface area contributed by atoms with Gasteiger partial charge in [0.05, 0.1) is 5.69 Å². The summed E-state index contributed by atoms with van der Waals surface area (Å²) in [5.74, 6) is 1.17. The number of rotatable bonds is 5. The summed E-state index contributed by atoms with van der Waals surface area (Å²) in [4.78, 5) is 4.44. The Labute approximate surface area is 276 Å². The van der Waals surface area contributed by atoms with Crippen molar-refractivity contribution in [1.82, 2.24) is 19.3 Å². The Morgan fingerprint density at radius 1 is 0.800 bits per heavy atom. The van der Waals surface area contributed by atoms with Crippen LogP contribution in [0.1, 0.15) is 37.7 Å². The van der Waals surface area contributed by atoms with Crippen LogP contribution < -0.4 is 4.74 Å². The van der Waals surface area contributed by atoms with Crippen molar-refractivity contribution in [3.8, 4) is 34.1 Å². The molecule has 5 nitrogen and oxygen atoms in total. The summed E-state index contributed by atoms with van der Waals surface area (Å²) in [6, 6.07) is 36.0. The molecule has 7 aromatic rings. The van der Waals surface area contributed by atoms with Crippen LogP contribution in [0.25, 0.3) is 44.4 Å². The third-order valence-electron chi connectivity index (χ3n) is 8.03. The minimum atomic E-state index is -0.353. The number of benzene rings is 4. The molecule has 7 rings (SSSR count). The molecule has 0 bridgehead atoms. The summed E-state index contributed by atoms with van der Waals surface area (Å²) in [5.41, 5.74) is 8.05. The Hall–Kier alpha value is -4.57. The monoisotopic (exact) mass is 684 g/mol. The molecule has 0 amide bonds. The van der Waals surface area contributed by atoms with Gasteiger partial charge in [-0.15, -0.1) is 35.7 Å². The van der Waals surface area contributed by atoms with Crippen molar-refractivity contribution in [2.75, 3.05) is 0 Å². The second-order valence-corrected chi connectivity index (χ2v) is 12.1. The third-order valence-corrected chi connectivity index (χ3v) is 8.03. The van der Waals surface area contributed by atoms with Crippen molar-refractivity contribution in [3.05, 3.63) is 132 Å². The van der Waals surface area contributed by atoms with E-state index in [2.05, 4.69) is 69.1 Å². The number of hydrogen-bond donors (Lipinski definition) is 0. The first kappa shape index (κ1) is 30.5. The minimum Gasteiger partial charge on any atom is -0.509 e. The minimum absolute atomic E-state index is 0. The van der Waals surface area contributed by atoms with Crippen LogP contribution in [0.3, 0.4) is 0 Å². The molecule has 0 atom stereocenters. The molecule has 0 N–H and O–H groups in total. The van der Waals surface area contributed by atoms with E-state index in [1.807, 2.05) is 70.8 Å². The van der Waals surface area contributed by atoms with E-state index in [0.29, 0.717) is 17.3 Å².